The van der Waals surface area contributed by atoms with Crippen LogP contribution in [0.2, 0.25) is 0 Å². The molecule has 4 nitrogen and oxygen atoms in total. The summed E-state index contributed by atoms with van der Waals surface area (Å²) in [6.07, 6.45) is 2.67. The number of rotatable bonds is 2. The maximum atomic E-state index is 13.3. The van der Waals surface area contributed by atoms with Crippen molar-refractivity contribution in [1.29, 1.82) is 0 Å². The third-order valence-electron chi connectivity index (χ3n) is 3.38. The Morgan fingerprint density at radius 3 is 3.00 bits per heavy atom. The summed E-state index contributed by atoms with van der Waals surface area (Å²) in [6.45, 7) is 0.515. The molecule has 1 aliphatic rings. The molecule has 1 saturated heterocycles. The Morgan fingerprint density at radius 1 is 1.50 bits per heavy atom. The molecule has 0 saturated carbocycles. The van der Waals surface area contributed by atoms with Crippen LogP contribution in [-0.2, 0) is 0 Å². The van der Waals surface area contributed by atoms with Crippen LogP contribution in [0.25, 0.3) is 0 Å². The van der Waals surface area contributed by atoms with Crippen molar-refractivity contribution in [2.24, 2.45) is 0 Å². The monoisotopic (exact) mass is 252 g/mol. The first-order valence-corrected chi connectivity index (χ1v) is 6.11. The lowest BCUT2D eigenvalue weighted by molar-refractivity contribution is 0.0503. The molecule has 98 valence electrons. The fourth-order valence-corrected chi connectivity index (χ4v) is 2.34. The molecule has 1 atom stereocenters. The van der Waals surface area contributed by atoms with Crippen LogP contribution in [0.1, 0.15) is 29.6 Å². The highest BCUT2D eigenvalue weighted by atomic mass is 19.1. The van der Waals surface area contributed by atoms with Gasteiger partial charge in [0, 0.05) is 6.54 Å². The van der Waals surface area contributed by atoms with Crippen LogP contribution in [0.15, 0.2) is 18.2 Å². The molecule has 1 aromatic carbocycles. The fourth-order valence-electron chi connectivity index (χ4n) is 2.34. The average molecular weight is 252 g/mol. The number of aliphatic hydroxyl groups is 1. The van der Waals surface area contributed by atoms with Crippen LogP contribution < -0.4 is 5.73 Å². The van der Waals surface area contributed by atoms with Gasteiger partial charge in [-0.15, -0.1) is 0 Å². The van der Waals surface area contributed by atoms with Crippen molar-refractivity contribution < 1.29 is 14.3 Å². The quantitative estimate of drug-likeness (QED) is 0.782. The molecule has 0 aromatic heterocycles. The number of nitrogens with two attached hydrogens (primary N) is 1. The predicted octanol–water partition coefficient (Wildman–Crippen LogP) is 1.39. The molecule has 2 rings (SSSR count). The SMILES string of the molecule is Nc1c(F)cccc1C(=O)N1CCCCC1CO. The van der Waals surface area contributed by atoms with E-state index < -0.39 is 5.82 Å². The summed E-state index contributed by atoms with van der Waals surface area (Å²) in [5.74, 6) is -0.885. The normalized spacial score (nSPS) is 19.9. The van der Waals surface area contributed by atoms with Gasteiger partial charge in [-0.2, -0.15) is 0 Å². The Morgan fingerprint density at radius 2 is 2.28 bits per heavy atom. The minimum Gasteiger partial charge on any atom is -0.396 e. The second-order valence-corrected chi connectivity index (χ2v) is 4.53. The topological polar surface area (TPSA) is 66.6 Å². The van der Waals surface area contributed by atoms with Gasteiger partial charge in [-0.3, -0.25) is 4.79 Å². The number of carbonyl (C=O) groups excluding carboxylic acids is 1. The van der Waals surface area contributed by atoms with Crippen molar-refractivity contribution in [2.75, 3.05) is 18.9 Å². The number of nitrogen functional groups attached to an aromatic ring is 1. The molecule has 0 aliphatic carbocycles. The molecule has 1 fully saturated rings. The van der Waals surface area contributed by atoms with Crippen LogP contribution in [0, 0.1) is 5.82 Å². The number of piperidine rings is 1. The summed E-state index contributed by atoms with van der Waals surface area (Å²) >= 11 is 0. The van der Waals surface area contributed by atoms with Crippen LogP contribution in [0.5, 0.6) is 0 Å². The van der Waals surface area contributed by atoms with Crippen molar-refractivity contribution >= 4 is 11.6 Å². The largest absolute Gasteiger partial charge is 0.396 e. The van der Waals surface area contributed by atoms with E-state index in [4.69, 9.17) is 5.73 Å². The lowest BCUT2D eigenvalue weighted by atomic mass is 10.0. The molecule has 1 aliphatic heterocycles. The summed E-state index contributed by atoms with van der Waals surface area (Å²) in [5, 5.41) is 9.28. The molecule has 1 unspecified atom stereocenters. The van der Waals surface area contributed by atoms with E-state index in [1.807, 2.05) is 0 Å². The van der Waals surface area contributed by atoms with Crippen LogP contribution in [0.4, 0.5) is 10.1 Å². The van der Waals surface area contributed by atoms with E-state index in [-0.39, 0.29) is 29.8 Å². The molecule has 5 heteroatoms. The third kappa shape index (κ3) is 2.31. The second-order valence-electron chi connectivity index (χ2n) is 4.53. The van der Waals surface area contributed by atoms with E-state index in [1.165, 1.54) is 18.2 Å². The summed E-state index contributed by atoms with van der Waals surface area (Å²) in [4.78, 5) is 13.9. The Labute approximate surface area is 105 Å². The standard InChI is InChI=1S/C13H17FN2O2/c14-11-6-3-5-10(12(11)15)13(18)16-7-2-1-4-9(16)8-17/h3,5-6,9,17H,1-2,4,7-8,15H2. The smallest absolute Gasteiger partial charge is 0.256 e. The van der Waals surface area contributed by atoms with E-state index in [0.717, 1.165) is 19.3 Å². The Kier molecular flexibility index (Phi) is 3.81. The molecule has 3 N–H and O–H groups in total. The van der Waals surface area contributed by atoms with Gasteiger partial charge in [-0.05, 0) is 31.4 Å². The fraction of sp³-hybridized carbons (Fsp3) is 0.462. The summed E-state index contributed by atoms with van der Waals surface area (Å²) in [5.41, 5.74) is 5.65. The van der Waals surface area contributed by atoms with Gasteiger partial charge >= 0.3 is 0 Å². The van der Waals surface area contributed by atoms with Crippen LogP contribution >= 0.6 is 0 Å². The zero-order valence-corrected chi connectivity index (χ0v) is 10.1. The molecule has 1 aromatic rings. The molecule has 1 amide bonds. The number of carbonyl (C=O) groups is 1. The van der Waals surface area contributed by atoms with E-state index in [2.05, 4.69) is 0 Å². The van der Waals surface area contributed by atoms with Gasteiger partial charge in [-0.1, -0.05) is 6.07 Å². The number of hydrogen-bond acceptors (Lipinski definition) is 3. The average Bonchev–Trinajstić information content (AvgIpc) is 2.41. The molecule has 18 heavy (non-hydrogen) atoms. The van der Waals surface area contributed by atoms with Gasteiger partial charge < -0.3 is 15.7 Å². The Hall–Kier alpha value is -1.62. The van der Waals surface area contributed by atoms with Crippen LogP contribution in [-0.4, -0.2) is 35.1 Å². The van der Waals surface area contributed by atoms with Crippen LogP contribution in [0.3, 0.4) is 0 Å². The van der Waals surface area contributed by atoms with Crippen molar-refractivity contribution in [3.05, 3.63) is 29.6 Å². The number of hydrogen-bond donors (Lipinski definition) is 2. The van der Waals surface area contributed by atoms with Gasteiger partial charge in [0.2, 0.25) is 0 Å². The number of benzene rings is 1. The zero-order chi connectivity index (χ0) is 13.1. The lowest BCUT2D eigenvalue weighted by Crippen LogP contribution is -2.45. The second kappa shape index (κ2) is 5.35. The molecular formula is C13H17FN2O2. The van der Waals surface area contributed by atoms with Crippen molar-refractivity contribution in [3.63, 3.8) is 0 Å². The molecular weight excluding hydrogens is 235 g/mol. The first-order chi connectivity index (χ1) is 8.65. The number of amides is 1. The minimum atomic E-state index is -0.585. The third-order valence-corrected chi connectivity index (χ3v) is 3.38. The number of nitrogens with zero attached hydrogens (tertiary/aromatic N) is 1. The maximum absolute atomic E-state index is 13.3. The van der Waals surface area contributed by atoms with Gasteiger partial charge in [0.05, 0.1) is 23.9 Å². The molecule has 0 bridgehead atoms. The highest BCUT2D eigenvalue weighted by Gasteiger charge is 2.28. The van der Waals surface area contributed by atoms with E-state index in [1.54, 1.807) is 4.90 Å². The number of para-hydroxylation sites is 1. The van der Waals surface area contributed by atoms with Crippen molar-refractivity contribution in [3.8, 4) is 0 Å². The first kappa shape index (κ1) is 12.8. The van der Waals surface area contributed by atoms with Crippen molar-refractivity contribution in [2.45, 2.75) is 25.3 Å². The van der Waals surface area contributed by atoms with Crippen molar-refractivity contribution in [1.82, 2.24) is 4.90 Å². The highest BCUT2D eigenvalue weighted by Crippen LogP contribution is 2.23. The lowest BCUT2D eigenvalue weighted by Gasteiger charge is -2.34. The van der Waals surface area contributed by atoms with Gasteiger partial charge in [0.15, 0.2) is 0 Å². The van der Waals surface area contributed by atoms with E-state index in [0.29, 0.717) is 6.54 Å². The van der Waals surface area contributed by atoms with Gasteiger partial charge in [0.1, 0.15) is 5.82 Å². The molecule has 0 spiro atoms. The summed E-state index contributed by atoms with van der Waals surface area (Å²) in [6, 6.07) is 4.03. The van der Waals surface area contributed by atoms with Gasteiger partial charge in [0.25, 0.3) is 5.91 Å². The summed E-state index contributed by atoms with van der Waals surface area (Å²) < 4.78 is 13.3. The zero-order valence-electron chi connectivity index (χ0n) is 10.1. The van der Waals surface area contributed by atoms with Gasteiger partial charge in [-0.25, -0.2) is 4.39 Å². The molecule has 0 radical (unpaired) electrons. The number of aliphatic hydroxyl groups excluding tert-OH is 1. The number of halogens is 1. The predicted molar refractivity (Wildman–Crippen MR) is 66.6 cm³/mol. The number of likely N-dealkylation sites (tertiary alicyclic amines) is 1. The van der Waals surface area contributed by atoms with E-state index in [9.17, 15) is 14.3 Å². The highest BCUT2D eigenvalue weighted by molar-refractivity contribution is 5.99. The minimum absolute atomic E-state index is 0.0685. The maximum Gasteiger partial charge on any atom is 0.256 e. The number of anilines is 1. The first-order valence-electron chi connectivity index (χ1n) is 6.11. The Bertz CT molecular complexity index is 451. The molecule has 1 heterocycles. The van der Waals surface area contributed by atoms with E-state index >= 15 is 0 Å². The summed E-state index contributed by atoms with van der Waals surface area (Å²) in [7, 11) is 0. The Balaban J connectivity index is 2.27.